The summed E-state index contributed by atoms with van der Waals surface area (Å²) in [4.78, 5) is 6.63. The molecule has 24 heavy (non-hydrogen) atoms. The third-order valence-electron chi connectivity index (χ3n) is 4.57. The molecule has 1 aliphatic carbocycles. The number of H-pyrrole nitrogens is 1. The van der Waals surface area contributed by atoms with Crippen molar-refractivity contribution in [3.8, 4) is 6.07 Å². The van der Waals surface area contributed by atoms with Crippen molar-refractivity contribution in [2.75, 3.05) is 0 Å². The monoisotopic (exact) mass is 357 g/mol. The van der Waals surface area contributed by atoms with E-state index in [1.54, 1.807) is 13.0 Å². The molecule has 0 radical (unpaired) electrons. The van der Waals surface area contributed by atoms with Gasteiger partial charge in [-0.2, -0.15) is 18.4 Å². The fourth-order valence-corrected chi connectivity index (χ4v) is 3.58. The number of nitrogens with one attached hydrogen (secondary N) is 1. The van der Waals surface area contributed by atoms with E-state index in [0.717, 1.165) is 0 Å². The Morgan fingerprint density at radius 2 is 1.92 bits per heavy atom. The fraction of sp³-hybridized carbons (Fsp3) is 0.500. The molecular weight excluding hydrogens is 343 g/mol. The van der Waals surface area contributed by atoms with Crippen LogP contribution in [0.1, 0.15) is 54.1 Å². The number of aliphatic hydroxyl groups is 1. The van der Waals surface area contributed by atoms with Crippen LogP contribution in [-0.2, 0) is 6.18 Å². The van der Waals surface area contributed by atoms with Crippen molar-refractivity contribution in [1.82, 2.24) is 9.97 Å². The second-order valence-corrected chi connectivity index (χ2v) is 6.53. The number of hydrogen-bond acceptors (Lipinski definition) is 3. The molecule has 1 saturated carbocycles. The molecular formula is C16H15ClF3N3O. The lowest BCUT2D eigenvalue weighted by Crippen LogP contribution is -2.20. The van der Waals surface area contributed by atoms with E-state index < -0.39 is 23.5 Å². The Morgan fingerprint density at radius 1 is 1.29 bits per heavy atom. The Kier molecular flexibility index (Phi) is 4.22. The van der Waals surface area contributed by atoms with Crippen molar-refractivity contribution in [1.29, 1.82) is 5.26 Å². The summed E-state index contributed by atoms with van der Waals surface area (Å²) in [6.07, 6.45) is -3.16. The normalized spacial score (nSPS) is 21.9. The number of alkyl halides is 3. The number of rotatable bonds is 1. The molecule has 4 nitrogen and oxygen atoms in total. The van der Waals surface area contributed by atoms with Crippen LogP contribution in [0, 0.1) is 18.3 Å². The molecule has 8 heteroatoms. The van der Waals surface area contributed by atoms with Crippen LogP contribution in [0.5, 0.6) is 0 Å². The van der Waals surface area contributed by atoms with Crippen molar-refractivity contribution in [2.45, 2.75) is 50.8 Å². The van der Waals surface area contributed by atoms with Crippen molar-refractivity contribution in [2.24, 2.45) is 0 Å². The van der Waals surface area contributed by atoms with Crippen LogP contribution < -0.4 is 0 Å². The van der Waals surface area contributed by atoms with Gasteiger partial charge in [0.1, 0.15) is 11.6 Å². The summed E-state index contributed by atoms with van der Waals surface area (Å²) in [5.41, 5.74) is -0.380. The zero-order chi connectivity index (χ0) is 17.6. The van der Waals surface area contributed by atoms with Gasteiger partial charge < -0.3 is 10.1 Å². The molecule has 2 aromatic rings. The highest BCUT2D eigenvalue weighted by atomic mass is 35.5. The number of aryl methyl sites for hydroxylation is 1. The van der Waals surface area contributed by atoms with Gasteiger partial charge in [-0.25, -0.2) is 4.98 Å². The Bertz CT molecular complexity index is 830. The van der Waals surface area contributed by atoms with E-state index in [0.29, 0.717) is 42.5 Å². The van der Waals surface area contributed by atoms with E-state index in [1.807, 2.05) is 0 Å². The van der Waals surface area contributed by atoms with Gasteiger partial charge in [-0.15, -0.1) is 0 Å². The average molecular weight is 358 g/mol. The van der Waals surface area contributed by atoms with Gasteiger partial charge in [-0.1, -0.05) is 11.6 Å². The number of aromatic nitrogens is 2. The highest BCUT2D eigenvalue weighted by Gasteiger charge is 2.40. The van der Waals surface area contributed by atoms with E-state index in [2.05, 4.69) is 9.97 Å². The number of aromatic amines is 1. The summed E-state index contributed by atoms with van der Waals surface area (Å²) < 4.78 is 40.2. The topological polar surface area (TPSA) is 72.7 Å². The number of nitrogens with zero attached hydrogens (tertiary/aromatic N) is 2. The van der Waals surface area contributed by atoms with Gasteiger partial charge in [-0.3, -0.25) is 0 Å². The van der Waals surface area contributed by atoms with Crippen LogP contribution >= 0.6 is 11.6 Å². The van der Waals surface area contributed by atoms with Gasteiger partial charge in [0.05, 0.1) is 22.2 Å². The molecule has 0 amide bonds. The van der Waals surface area contributed by atoms with Crippen LogP contribution in [0.25, 0.3) is 11.0 Å². The maximum atomic E-state index is 13.4. The number of hydrogen-bond donors (Lipinski definition) is 2. The Morgan fingerprint density at radius 3 is 2.46 bits per heavy atom. The number of fused-ring (bicyclic) bond motifs is 1. The van der Waals surface area contributed by atoms with Crippen LogP contribution in [0.15, 0.2) is 0 Å². The Hall–Kier alpha value is -1.78. The van der Waals surface area contributed by atoms with Crippen LogP contribution in [0.4, 0.5) is 13.2 Å². The predicted molar refractivity (Wildman–Crippen MR) is 82.8 cm³/mol. The van der Waals surface area contributed by atoms with Gasteiger partial charge in [0.25, 0.3) is 0 Å². The molecule has 0 atom stereocenters. The Balaban J connectivity index is 2.32. The highest BCUT2D eigenvalue weighted by Crippen LogP contribution is 2.43. The zero-order valence-corrected chi connectivity index (χ0v) is 13.6. The third-order valence-corrected chi connectivity index (χ3v) is 5.03. The number of nitriles is 1. The Labute approximate surface area is 141 Å². The molecule has 0 saturated heterocycles. The first kappa shape index (κ1) is 17.1. The molecule has 128 valence electrons. The quantitative estimate of drug-likeness (QED) is 0.792. The van der Waals surface area contributed by atoms with Crippen LogP contribution in [0.2, 0.25) is 5.02 Å². The maximum Gasteiger partial charge on any atom is 0.434 e. The number of halogens is 4. The molecule has 0 aliphatic heterocycles. The first-order valence-corrected chi connectivity index (χ1v) is 7.98. The minimum atomic E-state index is -4.74. The van der Waals surface area contributed by atoms with Crippen molar-refractivity contribution in [3.05, 3.63) is 27.5 Å². The molecule has 2 N–H and O–H groups in total. The largest absolute Gasteiger partial charge is 0.434 e. The summed E-state index contributed by atoms with van der Waals surface area (Å²) in [5.74, 6) is -0.247. The lowest BCUT2D eigenvalue weighted by molar-refractivity contribution is -0.141. The minimum absolute atomic E-state index is 0.0432. The van der Waals surface area contributed by atoms with Crippen LogP contribution in [-0.4, -0.2) is 21.2 Å². The molecule has 0 aromatic carbocycles. The average Bonchev–Trinajstić information content (AvgIpc) is 2.80. The van der Waals surface area contributed by atoms with Crippen molar-refractivity contribution >= 4 is 22.6 Å². The number of aliphatic hydroxyl groups excluding tert-OH is 1. The molecule has 3 rings (SSSR count). The van der Waals surface area contributed by atoms with Crippen LogP contribution in [0.3, 0.4) is 0 Å². The predicted octanol–water partition coefficient (Wildman–Crippen LogP) is 4.43. The van der Waals surface area contributed by atoms with Crippen molar-refractivity contribution < 1.29 is 18.3 Å². The lowest BCUT2D eigenvalue weighted by Gasteiger charge is -2.27. The minimum Gasteiger partial charge on any atom is -0.393 e. The molecule has 1 aliphatic rings. The molecule has 2 heterocycles. The lowest BCUT2D eigenvalue weighted by atomic mass is 9.80. The SMILES string of the molecule is Cc1[nH]c2c(C3CCC(O)CC3)c(C#N)c(C(F)(F)F)nc2c1Cl. The zero-order valence-electron chi connectivity index (χ0n) is 12.8. The first-order valence-electron chi connectivity index (χ1n) is 7.61. The second-order valence-electron chi connectivity index (χ2n) is 6.15. The van der Waals surface area contributed by atoms with Gasteiger partial charge in [-0.05, 0) is 38.5 Å². The summed E-state index contributed by atoms with van der Waals surface area (Å²) in [5, 5.41) is 19.2. The molecule has 0 bridgehead atoms. The van der Waals surface area contributed by atoms with E-state index in [4.69, 9.17) is 11.6 Å². The molecule has 1 fully saturated rings. The molecule has 2 aromatic heterocycles. The standard InChI is InChI=1S/C16H15ClF3N3O/c1-7-12(17)14-13(22-7)11(8-2-4-9(24)5-3-8)10(6-21)15(23-14)16(18,19)20/h8-9,22,24H,2-5H2,1H3. The van der Waals surface area contributed by atoms with E-state index in [1.165, 1.54) is 0 Å². The maximum absolute atomic E-state index is 13.4. The molecule has 0 spiro atoms. The van der Waals surface area contributed by atoms with E-state index in [9.17, 15) is 23.5 Å². The summed E-state index contributed by atoms with van der Waals surface area (Å²) >= 11 is 6.11. The smallest absolute Gasteiger partial charge is 0.393 e. The second kappa shape index (κ2) is 5.94. The van der Waals surface area contributed by atoms with Gasteiger partial charge in [0, 0.05) is 11.3 Å². The highest BCUT2D eigenvalue weighted by molar-refractivity contribution is 6.36. The van der Waals surface area contributed by atoms with Gasteiger partial charge in [0.15, 0.2) is 5.69 Å². The summed E-state index contributed by atoms with van der Waals surface area (Å²) in [6, 6.07) is 1.69. The summed E-state index contributed by atoms with van der Waals surface area (Å²) in [6.45, 7) is 1.65. The van der Waals surface area contributed by atoms with Crippen molar-refractivity contribution in [3.63, 3.8) is 0 Å². The van der Waals surface area contributed by atoms with E-state index in [-0.39, 0.29) is 16.5 Å². The fourth-order valence-electron chi connectivity index (χ4n) is 3.40. The van der Waals surface area contributed by atoms with Gasteiger partial charge >= 0.3 is 6.18 Å². The van der Waals surface area contributed by atoms with E-state index >= 15 is 0 Å². The molecule has 0 unspecified atom stereocenters. The summed E-state index contributed by atoms with van der Waals surface area (Å²) in [7, 11) is 0. The van der Waals surface area contributed by atoms with Gasteiger partial charge in [0.2, 0.25) is 0 Å². The first-order chi connectivity index (χ1) is 11.2. The third kappa shape index (κ3) is 2.74. The number of pyridine rings is 1.